The molecule has 1 amide bonds. The molecule has 1 aromatic carbocycles. The van der Waals surface area contributed by atoms with E-state index in [9.17, 15) is 9.59 Å². The Morgan fingerprint density at radius 2 is 1.88 bits per heavy atom. The van der Waals surface area contributed by atoms with Crippen molar-refractivity contribution in [2.45, 2.75) is 32.6 Å². The number of ether oxygens (including phenoxy) is 1. The number of nitrogens with zero attached hydrogens (tertiary/aromatic N) is 2. The van der Waals surface area contributed by atoms with E-state index in [1.165, 1.54) is 24.5 Å². The summed E-state index contributed by atoms with van der Waals surface area (Å²) in [5.74, 6) is -0.283. The highest BCUT2D eigenvalue weighted by molar-refractivity contribution is 7.15. The van der Waals surface area contributed by atoms with Gasteiger partial charge in [-0.25, -0.2) is 4.79 Å². The Morgan fingerprint density at radius 3 is 2.48 bits per heavy atom. The van der Waals surface area contributed by atoms with Crippen molar-refractivity contribution in [3.8, 4) is 0 Å². The minimum Gasteiger partial charge on any atom is -0.465 e. The summed E-state index contributed by atoms with van der Waals surface area (Å²) < 4.78 is 4.64. The third kappa shape index (κ3) is 5.22. The summed E-state index contributed by atoms with van der Waals surface area (Å²) >= 11 is 1.41. The molecule has 0 saturated carbocycles. The van der Waals surface area contributed by atoms with Crippen LogP contribution in [0, 0.1) is 0 Å². The van der Waals surface area contributed by atoms with Crippen LogP contribution in [0.2, 0.25) is 0 Å². The molecule has 0 unspecified atom stereocenters. The molecule has 0 aliphatic carbocycles. The van der Waals surface area contributed by atoms with Gasteiger partial charge >= 0.3 is 5.97 Å². The van der Waals surface area contributed by atoms with Crippen molar-refractivity contribution < 1.29 is 14.3 Å². The standard InChI is InChI=1S/C18H21N3O3S/c1-4-13(5-2)16-20-21-18(25-16)19-15(22)11-8-12-6-9-14(10-7-12)17(23)24-3/h6-11,13H,4-5H2,1-3H3,(H,19,21,22)/b11-8+. The molecule has 2 rings (SSSR count). The van der Waals surface area contributed by atoms with Gasteiger partial charge < -0.3 is 4.74 Å². The highest BCUT2D eigenvalue weighted by Crippen LogP contribution is 2.27. The van der Waals surface area contributed by atoms with Crippen LogP contribution < -0.4 is 5.32 Å². The number of benzene rings is 1. The van der Waals surface area contributed by atoms with Crippen LogP contribution in [-0.2, 0) is 9.53 Å². The molecule has 6 nitrogen and oxygen atoms in total. The van der Waals surface area contributed by atoms with Gasteiger partial charge in [0.2, 0.25) is 11.0 Å². The molecule has 0 fully saturated rings. The van der Waals surface area contributed by atoms with E-state index in [2.05, 4.69) is 34.1 Å². The number of methoxy groups -OCH3 is 1. The van der Waals surface area contributed by atoms with Crippen LogP contribution in [0.25, 0.3) is 6.08 Å². The van der Waals surface area contributed by atoms with E-state index >= 15 is 0 Å². The van der Waals surface area contributed by atoms with Crippen molar-refractivity contribution in [3.05, 3.63) is 46.5 Å². The Morgan fingerprint density at radius 1 is 1.20 bits per heavy atom. The van der Waals surface area contributed by atoms with E-state index in [0.29, 0.717) is 16.6 Å². The van der Waals surface area contributed by atoms with Gasteiger partial charge in [-0.15, -0.1) is 10.2 Å². The van der Waals surface area contributed by atoms with Crippen LogP contribution in [-0.4, -0.2) is 29.2 Å². The summed E-state index contributed by atoms with van der Waals surface area (Å²) in [5.41, 5.74) is 1.27. The van der Waals surface area contributed by atoms with Gasteiger partial charge in [0.15, 0.2) is 0 Å². The van der Waals surface area contributed by atoms with E-state index in [-0.39, 0.29) is 5.91 Å². The van der Waals surface area contributed by atoms with Crippen LogP contribution in [0.3, 0.4) is 0 Å². The molecule has 132 valence electrons. The van der Waals surface area contributed by atoms with Gasteiger partial charge in [-0.2, -0.15) is 0 Å². The van der Waals surface area contributed by atoms with Crippen LogP contribution in [0.4, 0.5) is 5.13 Å². The SMILES string of the molecule is CCC(CC)c1nnc(NC(=O)/C=C/c2ccc(C(=O)OC)cc2)s1. The molecular formula is C18H21N3O3S. The smallest absolute Gasteiger partial charge is 0.337 e. The molecule has 1 N–H and O–H groups in total. The van der Waals surface area contributed by atoms with Crippen LogP contribution in [0.1, 0.15) is 53.5 Å². The van der Waals surface area contributed by atoms with E-state index < -0.39 is 5.97 Å². The summed E-state index contributed by atoms with van der Waals surface area (Å²) in [6, 6.07) is 6.78. The molecular weight excluding hydrogens is 338 g/mol. The van der Waals surface area contributed by atoms with Crippen molar-refractivity contribution >= 4 is 34.4 Å². The summed E-state index contributed by atoms with van der Waals surface area (Å²) in [5, 5.41) is 12.3. The molecule has 1 aromatic heterocycles. The molecule has 0 saturated heterocycles. The molecule has 0 aliphatic rings. The molecule has 0 atom stereocenters. The van der Waals surface area contributed by atoms with Crippen LogP contribution in [0.15, 0.2) is 30.3 Å². The first kappa shape index (κ1) is 18.8. The summed E-state index contributed by atoms with van der Waals surface area (Å²) in [4.78, 5) is 23.4. The van der Waals surface area contributed by atoms with Gasteiger partial charge in [0, 0.05) is 12.0 Å². The minimum absolute atomic E-state index is 0.274. The predicted molar refractivity (Wildman–Crippen MR) is 98.7 cm³/mol. The Balaban J connectivity index is 1.95. The number of aromatic nitrogens is 2. The topological polar surface area (TPSA) is 81.2 Å². The first-order valence-corrected chi connectivity index (χ1v) is 8.89. The van der Waals surface area contributed by atoms with Gasteiger partial charge in [-0.1, -0.05) is 37.3 Å². The third-order valence-electron chi connectivity index (χ3n) is 3.76. The number of amides is 1. The Bertz CT molecular complexity index is 749. The maximum Gasteiger partial charge on any atom is 0.337 e. The third-order valence-corrected chi connectivity index (χ3v) is 4.77. The van der Waals surface area contributed by atoms with Crippen molar-refractivity contribution in [1.29, 1.82) is 0 Å². The minimum atomic E-state index is -0.391. The fraction of sp³-hybridized carbons (Fsp3) is 0.333. The fourth-order valence-electron chi connectivity index (χ4n) is 2.26. The summed E-state index contributed by atoms with van der Waals surface area (Å²) in [7, 11) is 1.34. The van der Waals surface area contributed by atoms with Crippen molar-refractivity contribution in [2.24, 2.45) is 0 Å². The largest absolute Gasteiger partial charge is 0.465 e. The monoisotopic (exact) mass is 359 g/mol. The first-order valence-electron chi connectivity index (χ1n) is 8.08. The fourth-order valence-corrected chi connectivity index (χ4v) is 3.27. The van der Waals surface area contributed by atoms with E-state index in [1.807, 2.05) is 0 Å². The molecule has 0 aliphatic heterocycles. The average Bonchev–Trinajstić information content (AvgIpc) is 3.09. The summed E-state index contributed by atoms with van der Waals surface area (Å²) in [6.45, 7) is 4.23. The Labute approximate surface area is 150 Å². The lowest BCUT2D eigenvalue weighted by Gasteiger charge is -2.05. The van der Waals surface area contributed by atoms with Crippen LogP contribution in [0.5, 0.6) is 0 Å². The Hall–Kier alpha value is -2.54. The molecule has 1 heterocycles. The molecule has 25 heavy (non-hydrogen) atoms. The highest BCUT2D eigenvalue weighted by atomic mass is 32.1. The number of esters is 1. The lowest BCUT2D eigenvalue weighted by atomic mass is 10.1. The predicted octanol–water partition coefficient (Wildman–Crippen LogP) is 3.88. The van der Waals surface area contributed by atoms with E-state index in [4.69, 9.17) is 0 Å². The lowest BCUT2D eigenvalue weighted by Crippen LogP contribution is -2.07. The second-order valence-electron chi connectivity index (χ2n) is 5.40. The zero-order chi connectivity index (χ0) is 18.2. The number of rotatable bonds is 7. The van der Waals surface area contributed by atoms with Crippen LogP contribution >= 0.6 is 11.3 Å². The number of carbonyl (C=O) groups excluding carboxylic acids is 2. The molecule has 0 bridgehead atoms. The number of nitrogens with one attached hydrogen (secondary N) is 1. The van der Waals surface area contributed by atoms with Gasteiger partial charge in [0.1, 0.15) is 5.01 Å². The van der Waals surface area contributed by atoms with E-state index in [0.717, 1.165) is 23.4 Å². The maximum atomic E-state index is 12.0. The summed E-state index contributed by atoms with van der Waals surface area (Å²) in [6.07, 6.45) is 5.09. The number of anilines is 1. The van der Waals surface area contributed by atoms with Crippen molar-refractivity contribution in [3.63, 3.8) is 0 Å². The molecule has 2 aromatic rings. The van der Waals surface area contributed by atoms with Gasteiger partial charge in [0.05, 0.1) is 12.7 Å². The molecule has 7 heteroatoms. The maximum absolute atomic E-state index is 12.0. The normalized spacial score (nSPS) is 11.0. The number of carbonyl (C=O) groups is 2. The second kappa shape index (κ2) is 9.08. The number of hydrogen-bond acceptors (Lipinski definition) is 6. The lowest BCUT2D eigenvalue weighted by molar-refractivity contribution is -0.111. The second-order valence-corrected chi connectivity index (χ2v) is 6.40. The van der Waals surface area contributed by atoms with E-state index in [1.54, 1.807) is 30.3 Å². The zero-order valence-electron chi connectivity index (χ0n) is 14.5. The van der Waals surface area contributed by atoms with Crippen molar-refractivity contribution in [1.82, 2.24) is 10.2 Å². The highest BCUT2D eigenvalue weighted by Gasteiger charge is 2.13. The molecule has 0 radical (unpaired) electrons. The number of hydrogen-bond donors (Lipinski definition) is 1. The first-order chi connectivity index (χ1) is 12.1. The van der Waals surface area contributed by atoms with Gasteiger partial charge in [-0.05, 0) is 36.6 Å². The van der Waals surface area contributed by atoms with Gasteiger partial charge in [-0.3, -0.25) is 10.1 Å². The zero-order valence-corrected chi connectivity index (χ0v) is 15.3. The Kier molecular flexibility index (Phi) is 6.82. The quantitative estimate of drug-likeness (QED) is 0.599. The van der Waals surface area contributed by atoms with Crippen molar-refractivity contribution in [2.75, 3.05) is 12.4 Å². The molecule has 0 spiro atoms. The average molecular weight is 359 g/mol. The van der Waals surface area contributed by atoms with Gasteiger partial charge in [0.25, 0.3) is 0 Å².